The van der Waals surface area contributed by atoms with Crippen LogP contribution < -0.4 is 10.1 Å². The summed E-state index contributed by atoms with van der Waals surface area (Å²) in [6.45, 7) is 3.65. The molecule has 0 radical (unpaired) electrons. The molecule has 1 fully saturated rings. The molecule has 0 unspecified atom stereocenters. The van der Waals surface area contributed by atoms with Crippen LogP contribution in [0.15, 0.2) is 24.3 Å². The van der Waals surface area contributed by atoms with Gasteiger partial charge in [-0.3, -0.25) is 4.79 Å². The first-order chi connectivity index (χ1) is 8.79. The summed E-state index contributed by atoms with van der Waals surface area (Å²) in [7, 11) is 0. The van der Waals surface area contributed by atoms with Crippen LogP contribution in [-0.2, 0) is 11.2 Å². The van der Waals surface area contributed by atoms with E-state index in [9.17, 15) is 4.79 Å². The molecule has 3 heteroatoms. The van der Waals surface area contributed by atoms with E-state index in [-0.39, 0.29) is 5.91 Å². The van der Waals surface area contributed by atoms with Crippen molar-refractivity contribution in [1.29, 1.82) is 0 Å². The first kappa shape index (κ1) is 12.9. The molecule has 98 valence electrons. The second-order valence-electron chi connectivity index (χ2n) is 4.81. The van der Waals surface area contributed by atoms with Gasteiger partial charge in [-0.05, 0) is 30.4 Å². The van der Waals surface area contributed by atoms with Crippen molar-refractivity contribution in [2.45, 2.75) is 32.6 Å². The van der Waals surface area contributed by atoms with Crippen LogP contribution in [0.25, 0.3) is 0 Å². The lowest BCUT2D eigenvalue weighted by Crippen LogP contribution is -2.24. The lowest BCUT2D eigenvalue weighted by molar-refractivity contribution is -0.120. The highest BCUT2D eigenvalue weighted by Gasteiger charge is 2.20. The summed E-state index contributed by atoms with van der Waals surface area (Å²) in [5.41, 5.74) is 1.34. The van der Waals surface area contributed by atoms with Gasteiger partial charge < -0.3 is 10.1 Å². The Morgan fingerprint density at radius 2 is 2.17 bits per heavy atom. The van der Waals surface area contributed by atoms with Crippen LogP contribution in [0, 0.1) is 5.92 Å². The van der Waals surface area contributed by atoms with E-state index in [1.807, 2.05) is 25.1 Å². The average molecular weight is 247 g/mol. The lowest BCUT2D eigenvalue weighted by Gasteiger charge is -1.98. The van der Waals surface area contributed by atoms with Crippen molar-refractivity contribution >= 4 is 5.91 Å². The van der Waals surface area contributed by atoms with E-state index in [0.29, 0.717) is 6.42 Å². The predicted octanol–water partition coefficient (Wildman–Crippen LogP) is 2.54. The number of fused-ring (bicyclic) bond motifs is 1. The first-order valence-corrected chi connectivity index (χ1v) is 6.77. The normalized spacial score (nSPS) is 16.1. The fourth-order valence-corrected chi connectivity index (χ4v) is 1.83. The predicted molar refractivity (Wildman–Crippen MR) is 71.7 cm³/mol. The third-order valence-electron chi connectivity index (χ3n) is 3.21. The van der Waals surface area contributed by atoms with Crippen LogP contribution in [-0.4, -0.2) is 19.1 Å². The highest BCUT2D eigenvalue weighted by Crippen LogP contribution is 2.27. The van der Waals surface area contributed by atoms with E-state index >= 15 is 0 Å². The van der Waals surface area contributed by atoms with Crippen molar-refractivity contribution in [2.24, 2.45) is 5.92 Å². The SMILES string of the molecule is CCC(=O)NCC1CC1.c1ccc2c(c1)CCO2. The Morgan fingerprint density at radius 1 is 1.39 bits per heavy atom. The third-order valence-corrected chi connectivity index (χ3v) is 3.21. The second-order valence-corrected chi connectivity index (χ2v) is 4.81. The van der Waals surface area contributed by atoms with Gasteiger partial charge in [0.05, 0.1) is 6.61 Å². The Morgan fingerprint density at radius 3 is 2.83 bits per heavy atom. The minimum absolute atomic E-state index is 0.182. The molecule has 3 nitrogen and oxygen atoms in total. The number of rotatable bonds is 3. The highest BCUT2D eigenvalue weighted by molar-refractivity contribution is 5.75. The largest absolute Gasteiger partial charge is 0.493 e. The maximum atomic E-state index is 10.6. The number of amides is 1. The molecule has 0 aromatic heterocycles. The van der Waals surface area contributed by atoms with Crippen LogP contribution in [0.2, 0.25) is 0 Å². The van der Waals surface area contributed by atoms with Gasteiger partial charge in [-0.25, -0.2) is 0 Å². The number of carbonyl (C=O) groups excluding carboxylic acids is 1. The standard InChI is InChI=1S/C8H8O.C7H13NO/c1-2-4-8-7(3-1)5-6-9-8;1-2-7(9)8-5-6-3-4-6/h1-4H,5-6H2;6H,2-5H2,1H3,(H,8,9). The van der Waals surface area contributed by atoms with E-state index in [1.165, 1.54) is 18.4 Å². The Bertz CT molecular complexity index is 376. The molecule has 0 atom stereocenters. The molecule has 1 aliphatic carbocycles. The topological polar surface area (TPSA) is 38.3 Å². The molecular formula is C15H21NO2. The Hall–Kier alpha value is -1.51. The van der Waals surface area contributed by atoms with Crippen LogP contribution in [0.4, 0.5) is 0 Å². The summed E-state index contributed by atoms with van der Waals surface area (Å²) >= 11 is 0. The average Bonchev–Trinajstić information content (AvgIpc) is 3.12. The van der Waals surface area contributed by atoms with Crippen molar-refractivity contribution in [3.05, 3.63) is 29.8 Å². The van der Waals surface area contributed by atoms with Crippen LogP contribution >= 0.6 is 0 Å². The summed E-state index contributed by atoms with van der Waals surface area (Å²) < 4.78 is 5.30. The molecule has 18 heavy (non-hydrogen) atoms. The summed E-state index contributed by atoms with van der Waals surface area (Å²) in [4.78, 5) is 10.6. The summed E-state index contributed by atoms with van der Waals surface area (Å²) in [6.07, 6.45) is 4.32. The zero-order chi connectivity index (χ0) is 12.8. The molecule has 0 spiro atoms. The molecular weight excluding hydrogens is 226 g/mol. The summed E-state index contributed by atoms with van der Waals surface area (Å²) in [5, 5.41) is 2.86. The summed E-state index contributed by atoms with van der Waals surface area (Å²) in [6, 6.07) is 8.18. The minimum Gasteiger partial charge on any atom is -0.493 e. The quantitative estimate of drug-likeness (QED) is 0.891. The molecule has 1 saturated carbocycles. The Labute approximate surface area is 109 Å². The van der Waals surface area contributed by atoms with Gasteiger partial charge in [0.25, 0.3) is 0 Å². The third kappa shape index (κ3) is 4.06. The molecule has 2 aliphatic rings. The first-order valence-electron chi connectivity index (χ1n) is 6.77. The van der Waals surface area contributed by atoms with E-state index in [0.717, 1.165) is 31.2 Å². The van der Waals surface area contributed by atoms with E-state index < -0.39 is 0 Å². The van der Waals surface area contributed by atoms with Gasteiger partial charge in [-0.2, -0.15) is 0 Å². The van der Waals surface area contributed by atoms with E-state index in [1.54, 1.807) is 0 Å². The number of benzene rings is 1. The molecule has 1 aliphatic heterocycles. The van der Waals surface area contributed by atoms with Crippen molar-refractivity contribution in [1.82, 2.24) is 5.32 Å². The van der Waals surface area contributed by atoms with Crippen molar-refractivity contribution in [3.8, 4) is 5.75 Å². The maximum Gasteiger partial charge on any atom is 0.219 e. The summed E-state index contributed by atoms with van der Waals surface area (Å²) in [5.74, 6) is 2.06. The molecule has 3 rings (SSSR count). The van der Waals surface area contributed by atoms with Gasteiger partial charge in [-0.15, -0.1) is 0 Å². The number of para-hydroxylation sites is 1. The molecule has 1 aromatic carbocycles. The molecule has 0 bridgehead atoms. The molecule has 1 aromatic rings. The number of nitrogens with one attached hydrogen (secondary N) is 1. The molecule has 1 amide bonds. The maximum absolute atomic E-state index is 10.6. The molecule has 1 heterocycles. The molecule has 1 N–H and O–H groups in total. The monoisotopic (exact) mass is 247 g/mol. The van der Waals surface area contributed by atoms with E-state index in [2.05, 4.69) is 11.4 Å². The van der Waals surface area contributed by atoms with Crippen molar-refractivity contribution in [3.63, 3.8) is 0 Å². The highest BCUT2D eigenvalue weighted by atomic mass is 16.5. The van der Waals surface area contributed by atoms with Gasteiger partial charge in [0, 0.05) is 19.4 Å². The Balaban J connectivity index is 0.000000134. The lowest BCUT2D eigenvalue weighted by atomic mass is 10.2. The van der Waals surface area contributed by atoms with Crippen LogP contribution in [0.1, 0.15) is 31.7 Å². The zero-order valence-corrected chi connectivity index (χ0v) is 10.9. The number of hydrogen-bond acceptors (Lipinski definition) is 2. The van der Waals surface area contributed by atoms with Gasteiger partial charge in [0.2, 0.25) is 5.91 Å². The van der Waals surface area contributed by atoms with Gasteiger partial charge in [0.15, 0.2) is 0 Å². The van der Waals surface area contributed by atoms with Gasteiger partial charge in [0.1, 0.15) is 5.75 Å². The van der Waals surface area contributed by atoms with E-state index in [4.69, 9.17) is 4.74 Å². The van der Waals surface area contributed by atoms with Gasteiger partial charge in [-0.1, -0.05) is 25.1 Å². The van der Waals surface area contributed by atoms with Gasteiger partial charge >= 0.3 is 0 Å². The number of hydrogen-bond donors (Lipinski definition) is 1. The number of carbonyl (C=O) groups is 1. The molecule has 0 saturated heterocycles. The zero-order valence-electron chi connectivity index (χ0n) is 10.9. The van der Waals surface area contributed by atoms with Crippen LogP contribution in [0.5, 0.6) is 5.75 Å². The fourth-order valence-electron chi connectivity index (χ4n) is 1.83. The van der Waals surface area contributed by atoms with Crippen LogP contribution in [0.3, 0.4) is 0 Å². The van der Waals surface area contributed by atoms with Crippen molar-refractivity contribution in [2.75, 3.05) is 13.2 Å². The minimum atomic E-state index is 0.182. The Kier molecular flexibility index (Phi) is 4.62. The number of ether oxygens (including phenoxy) is 1. The second kappa shape index (κ2) is 6.43. The van der Waals surface area contributed by atoms with Crippen molar-refractivity contribution < 1.29 is 9.53 Å². The smallest absolute Gasteiger partial charge is 0.219 e. The fraction of sp³-hybridized carbons (Fsp3) is 0.533.